The Morgan fingerprint density at radius 2 is 1.45 bits per heavy atom. The summed E-state index contributed by atoms with van der Waals surface area (Å²) in [6.07, 6.45) is 4.65. The largest absolute Gasteiger partial charge is 0.493 e. The lowest BCUT2D eigenvalue weighted by molar-refractivity contribution is 0.112. The van der Waals surface area contributed by atoms with Gasteiger partial charge in [-0.1, -0.05) is 42.5 Å². The Labute approximate surface area is 118 Å². The van der Waals surface area contributed by atoms with Crippen molar-refractivity contribution >= 4 is 18.4 Å². The van der Waals surface area contributed by atoms with E-state index in [1.165, 1.54) is 0 Å². The van der Waals surface area contributed by atoms with Crippen molar-refractivity contribution in [3.05, 3.63) is 59.2 Å². The van der Waals surface area contributed by atoms with E-state index >= 15 is 0 Å². The maximum Gasteiger partial charge on any atom is 0.161 e. The zero-order valence-corrected chi connectivity index (χ0v) is 11.5. The molecule has 0 aliphatic heterocycles. The van der Waals surface area contributed by atoms with Crippen LogP contribution in [-0.2, 0) is 0 Å². The maximum absolute atomic E-state index is 11.2. The predicted molar refractivity (Wildman–Crippen MR) is 80.3 cm³/mol. The summed E-state index contributed by atoms with van der Waals surface area (Å²) in [5.74, 6) is 1.15. The minimum Gasteiger partial charge on any atom is -0.493 e. The Balaban J connectivity index is 2.40. The van der Waals surface area contributed by atoms with Gasteiger partial charge in [0.1, 0.15) is 0 Å². The third kappa shape index (κ3) is 3.06. The zero-order valence-electron chi connectivity index (χ0n) is 11.5. The van der Waals surface area contributed by atoms with E-state index in [1.807, 2.05) is 42.5 Å². The minimum atomic E-state index is 0.548. The van der Waals surface area contributed by atoms with Gasteiger partial charge in [0.2, 0.25) is 0 Å². The van der Waals surface area contributed by atoms with Gasteiger partial charge in [-0.25, -0.2) is 0 Å². The van der Waals surface area contributed by atoms with Crippen molar-refractivity contribution in [3.63, 3.8) is 0 Å². The summed E-state index contributed by atoms with van der Waals surface area (Å²) >= 11 is 0. The fourth-order valence-electron chi connectivity index (χ4n) is 1.91. The lowest BCUT2D eigenvalue weighted by Gasteiger charge is -2.10. The molecule has 2 aromatic carbocycles. The zero-order chi connectivity index (χ0) is 14.4. The van der Waals surface area contributed by atoms with Gasteiger partial charge < -0.3 is 9.47 Å². The van der Waals surface area contributed by atoms with Gasteiger partial charge in [-0.05, 0) is 23.3 Å². The topological polar surface area (TPSA) is 35.5 Å². The molecule has 0 saturated carbocycles. The number of rotatable bonds is 5. The summed E-state index contributed by atoms with van der Waals surface area (Å²) in [7, 11) is 3.12. The first kappa shape index (κ1) is 13.9. The average Bonchev–Trinajstić information content (AvgIpc) is 2.52. The van der Waals surface area contributed by atoms with Crippen LogP contribution >= 0.6 is 0 Å². The first-order chi connectivity index (χ1) is 9.78. The molecule has 0 atom stereocenters. The van der Waals surface area contributed by atoms with Crippen molar-refractivity contribution in [3.8, 4) is 11.5 Å². The van der Waals surface area contributed by atoms with Gasteiger partial charge in [-0.3, -0.25) is 4.79 Å². The number of methoxy groups -OCH3 is 2. The van der Waals surface area contributed by atoms with Crippen molar-refractivity contribution in [1.29, 1.82) is 0 Å². The summed E-state index contributed by atoms with van der Waals surface area (Å²) in [6, 6.07) is 13.4. The standard InChI is InChI=1S/C17H16O3/c1-19-16-10-14(15(12-18)11-17(16)20-2)9-8-13-6-4-3-5-7-13/h3-12H,1-2H3/b9-8+. The first-order valence-corrected chi connectivity index (χ1v) is 6.23. The van der Waals surface area contributed by atoms with E-state index in [2.05, 4.69) is 0 Å². The fourth-order valence-corrected chi connectivity index (χ4v) is 1.91. The summed E-state index contributed by atoms with van der Waals surface area (Å²) in [5.41, 5.74) is 2.43. The van der Waals surface area contributed by atoms with Crippen LogP contribution in [0.5, 0.6) is 11.5 Å². The van der Waals surface area contributed by atoms with Crippen LogP contribution in [0.4, 0.5) is 0 Å². The van der Waals surface area contributed by atoms with Gasteiger partial charge in [-0.2, -0.15) is 0 Å². The highest BCUT2D eigenvalue weighted by atomic mass is 16.5. The number of aldehydes is 1. The lowest BCUT2D eigenvalue weighted by Crippen LogP contribution is -1.95. The molecule has 20 heavy (non-hydrogen) atoms. The van der Waals surface area contributed by atoms with Crippen LogP contribution in [0.2, 0.25) is 0 Å². The molecule has 102 valence electrons. The number of hydrogen-bond donors (Lipinski definition) is 0. The molecule has 3 heteroatoms. The molecule has 0 fully saturated rings. The summed E-state index contributed by atoms with van der Waals surface area (Å²) in [6.45, 7) is 0. The molecule has 0 radical (unpaired) electrons. The Kier molecular flexibility index (Phi) is 4.56. The van der Waals surface area contributed by atoms with Crippen LogP contribution in [0.3, 0.4) is 0 Å². The third-order valence-corrected chi connectivity index (χ3v) is 2.97. The van der Waals surface area contributed by atoms with E-state index in [1.54, 1.807) is 26.4 Å². The minimum absolute atomic E-state index is 0.548. The van der Waals surface area contributed by atoms with E-state index in [0.29, 0.717) is 17.1 Å². The van der Waals surface area contributed by atoms with Crippen LogP contribution in [-0.4, -0.2) is 20.5 Å². The highest BCUT2D eigenvalue weighted by molar-refractivity contribution is 5.86. The van der Waals surface area contributed by atoms with Crippen molar-refractivity contribution in [2.75, 3.05) is 14.2 Å². The third-order valence-electron chi connectivity index (χ3n) is 2.97. The number of carbonyl (C=O) groups excluding carboxylic acids is 1. The van der Waals surface area contributed by atoms with Crippen LogP contribution in [0.1, 0.15) is 21.5 Å². The van der Waals surface area contributed by atoms with Gasteiger partial charge in [0.05, 0.1) is 14.2 Å². The molecule has 2 aromatic rings. The second kappa shape index (κ2) is 6.57. The molecule has 0 saturated heterocycles. The molecule has 0 unspecified atom stereocenters. The van der Waals surface area contributed by atoms with Gasteiger partial charge in [0, 0.05) is 5.56 Å². The molecule has 0 heterocycles. The molecule has 2 rings (SSSR count). The predicted octanol–water partition coefficient (Wildman–Crippen LogP) is 3.69. The van der Waals surface area contributed by atoms with E-state index in [4.69, 9.17) is 9.47 Å². The molecular formula is C17H16O3. The Hall–Kier alpha value is -2.55. The van der Waals surface area contributed by atoms with Gasteiger partial charge in [0.15, 0.2) is 17.8 Å². The number of benzene rings is 2. The molecule has 0 spiro atoms. The number of carbonyl (C=O) groups is 1. The second-order valence-corrected chi connectivity index (χ2v) is 4.20. The summed E-state index contributed by atoms with van der Waals surface area (Å²) < 4.78 is 10.4. The fraction of sp³-hybridized carbons (Fsp3) is 0.118. The molecule has 0 aromatic heterocycles. The van der Waals surface area contributed by atoms with Crippen molar-refractivity contribution in [1.82, 2.24) is 0 Å². The molecule has 0 aliphatic carbocycles. The smallest absolute Gasteiger partial charge is 0.161 e. The number of hydrogen-bond acceptors (Lipinski definition) is 3. The van der Waals surface area contributed by atoms with Crippen LogP contribution in [0.25, 0.3) is 12.2 Å². The van der Waals surface area contributed by atoms with Crippen molar-refractivity contribution in [2.24, 2.45) is 0 Å². The second-order valence-electron chi connectivity index (χ2n) is 4.20. The van der Waals surface area contributed by atoms with E-state index in [9.17, 15) is 4.79 Å². The molecule has 0 bridgehead atoms. The lowest BCUT2D eigenvalue weighted by atomic mass is 10.1. The van der Waals surface area contributed by atoms with Crippen molar-refractivity contribution in [2.45, 2.75) is 0 Å². The van der Waals surface area contributed by atoms with E-state index in [-0.39, 0.29) is 0 Å². The highest BCUT2D eigenvalue weighted by Gasteiger charge is 2.08. The Morgan fingerprint density at radius 3 is 2.00 bits per heavy atom. The Morgan fingerprint density at radius 1 is 0.850 bits per heavy atom. The average molecular weight is 268 g/mol. The van der Waals surface area contributed by atoms with Gasteiger partial charge >= 0.3 is 0 Å². The normalized spacial score (nSPS) is 10.5. The quantitative estimate of drug-likeness (QED) is 0.613. The monoisotopic (exact) mass is 268 g/mol. The van der Waals surface area contributed by atoms with Gasteiger partial charge in [0.25, 0.3) is 0 Å². The highest BCUT2D eigenvalue weighted by Crippen LogP contribution is 2.30. The van der Waals surface area contributed by atoms with Crippen molar-refractivity contribution < 1.29 is 14.3 Å². The summed E-state index contributed by atoms with van der Waals surface area (Å²) in [5, 5.41) is 0. The van der Waals surface area contributed by atoms with Crippen LogP contribution in [0, 0.1) is 0 Å². The van der Waals surface area contributed by atoms with E-state index in [0.717, 1.165) is 17.4 Å². The summed E-state index contributed by atoms with van der Waals surface area (Å²) in [4.78, 5) is 11.2. The molecule has 3 nitrogen and oxygen atoms in total. The SMILES string of the molecule is COc1cc(C=O)c(/C=C/c2ccccc2)cc1OC. The molecule has 0 aliphatic rings. The molecular weight excluding hydrogens is 252 g/mol. The van der Waals surface area contributed by atoms with Crippen LogP contribution < -0.4 is 9.47 Å². The van der Waals surface area contributed by atoms with Crippen LogP contribution in [0.15, 0.2) is 42.5 Å². The van der Waals surface area contributed by atoms with Gasteiger partial charge in [-0.15, -0.1) is 0 Å². The maximum atomic E-state index is 11.2. The molecule has 0 N–H and O–H groups in total. The number of ether oxygens (including phenoxy) is 2. The first-order valence-electron chi connectivity index (χ1n) is 6.23. The molecule has 0 amide bonds. The Bertz CT molecular complexity index is 616. The van der Waals surface area contributed by atoms with E-state index < -0.39 is 0 Å².